The second-order valence-corrected chi connectivity index (χ2v) is 5.33. The van der Waals surface area contributed by atoms with Crippen molar-refractivity contribution in [2.45, 2.75) is 26.7 Å². The van der Waals surface area contributed by atoms with Gasteiger partial charge in [-0.15, -0.1) is 0 Å². The Balaban J connectivity index is 0.000000693. The van der Waals surface area contributed by atoms with Crippen molar-refractivity contribution >= 4 is 34.1 Å². The van der Waals surface area contributed by atoms with Gasteiger partial charge in [0.25, 0.3) is 0 Å². The largest absolute Gasteiger partial charge is 0.497 e. The number of hydrogen-bond donors (Lipinski definition) is 1. The Morgan fingerprint density at radius 3 is 2.59 bits per heavy atom. The maximum atomic E-state index is 5.36. The normalized spacial score (nSPS) is 12.9. The molecule has 1 N–H and O–H groups in total. The molecule has 0 bridgehead atoms. The molecule has 3 aromatic rings. The fraction of sp³-hybridized carbons (Fsp3) is 0.316. The zero-order valence-electron chi connectivity index (χ0n) is 13.7. The Morgan fingerprint density at radius 2 is 1.82 bits per heavy atom. The molecule has 0 saturated carbocycles. The summed E-state index contributed by atoms with van der Waals surface area (Å²) in [5.74, 6) is 0.895. The van der Waals surface area contributed by atoms with Crippen molar-refractivity contribution in [3.05, 3.63) is 34.8 Å². The highest BCUT2D eigenvalue weighted by molar-refractivity contribution is 6.03. The quantitative estimate of drug-likeness (QED) is 0.687. The van der Waals surface area contributed by atoms with E-state index in [1.807, 2.05) is 19.9 Å². The maximum Gasteiger partial charge on any atom is 0.238 e. The van der Waals surface area contributed by atoms with Crippen molar-refractivity contribution in [3.8, 4) is 5.75 Å². The van der Waals surface area contributed by atoms with E-state index in [0.29, 0.717) is 0 Å². The average Bonchev–Trinajstić information content (AvgIpc) is 2.94. The standard InChI is InChI=1S/C17H16N2O.C2H6/c1-19-16-6-4-3-5-11(16)9-15-17(19)13-10-12(20-2)7-8-14(13)18-15;1-2/h5-10H,3-4H2,1-2H3;1-2H3/p+1. The van der Waals surface area contributed by atoms with Gasteiger partial charge < -0.3 is 9.72 Å². The van der Waals surface area contributed by atoms with E-state index < -0.39 is 0 Å². The first kappa shape index (κ1) is 14.6. The number of aromatic nitrogens is 2. The van der Waals surface area contributed by atoms with Gasteiger partial charge in [-0.3, -0.25) is 0 Å². The van der Waals surface area contributed by atoms with Crippen molar-refractivity contribution in [3.63, 3.8) is 0 Å². The van der Waals surface area contributed by atoms with Crippen LogP contribution < -0.4 is 19.9 Å². The number of rotatable bonds is 1. The second kappa shape index (κ2) is 5.84. The zero-order chi connectivity index (χ0) is 15.7. The lowest BCUT2D eigenvalue weighted by Gasteiger charge is -2.00. The van der Waals surface area contributed by atoms with Crippen molar-refractivity contribution in [1.29, 1.82) is 0 Å². The molecule has 0 aliphatic heterocycles. The van der Waals surface area contributed by atoms with Crippen LogP contribution >= 0.6 is 0 Å². The van der Waals surface area contributed by atoms with Gasteiger partial charge in [0, 0.05) is 5.22 Å². The van der Waals surface area contributed by atoms with Crippen LogP contribution in [0.15, 0.2) is 24.3 Å². The summed E-state index contributed by atoms with van der Waals surface area (Å²) in [5.41, 5.74) is 3.57. The van der Waals surface area contributed by atoms with Crippen molar-refractivity contribution in [2.75, 3.05) is 7.11 Å². The molecule has 22 heavy (non-hydrogen) atoms. The summed E-state index contributed by atoms with van der Waals surface area (Å²) in [4.78, 5) is 3.51. The predicted octanol–water partition coefficient (Wildman–Crippen LogP) is 2.54. The molecule has 0 radical (unpaired) electrons. The second-order valence-electron chi connectivity index (χ2n) is 5.33. The summed E-state index contributed by atoms with van der Waals surface area (Å²) < 4.78 is 7.65. The monoisotopic (exact) mass is 295 g/mol. The summed E-state index contributed by atoms with van der Waals surface area (Å²) in [6.07, 6.45) is 6.90. The molecule has 0 unspecified atom stereocenters. The molecule has 3 nitrogen and oxygen atoms in total. The van der Waals surface area contributed by atoms with Crippen LogP contribution in [0, 0.1) is 0 Å². The summed E-state index contributed by atoms with van der Waals surface area (Å²) in [6, 6.07) is 8.44. The number of aromatic amines is 1. The summed E-state index contributed by atoms with van der Waals surface area (Å²) >= 11 is 0. The molecule has 0 spiro atoms. The third-order valence-electron chi connectivity index (χ3n) is 4.17. The van der Waals surface area contributed by atoms with Gasteiger partial charge in [0.2, 0.25) is 10.9 Å². The Hall–Kier alpha value is -2.29. The van der Waals surface area contributed by atoms with E-state index in [1.165, 1.54) is 27.0 Å². The number of hydrogen-bond acceptors (Lipinski definition) is 1. The van der Waals surface area contributed by atoms with Crippen molar-refractivity contribution < 1.29 is 9.30 Å². The Bertz CT molecular complexity index is 951. The average molecular weight is 295 g/mol. The molecule has 114 valence electrons. The van der Waals surface area contributed by atoms with E-state index in [2.05, 4.69) is 46.9 Å². The molecule has 3 heteroatoms. The molecule has 2 aromatic heterocycles. The van der Waals surface area contributed by atoms with E-state index in [4.69, 9.17) is 4.74 Å². The third-order valence-corrected chi connectivity index (χ3v) is 4.17. The molecule has 1 aliphatic rings. The molecule has 1 aliphatic carbocycles. The predicted molar refractivity (Wildman–Crippen MR) is 92.3 cm³/mol. The van der Waals surface area contributed by atoms with Crippen LogP contribution in [0.3, 0.4) is 0 Å². The lowest BCUT2D eigenvalue weighted by molar-refractivity contribution is -0.658. The van der Waals surface area contributed by atoms with Crippen LogP contribution in [0.25, 0.3) is 34.1 Å². The van der Waals surface area contributed by atoms with E-state index in [9.17, 15) is 0 Å². The molecule has 0 saturated heterocycles. The molecule has 0 atom stereocenters. The first-order valence-electron chi connectivity index (χ1n) is 7.97. The van der Waals surface area contributed by atoms with E-state index in [0.717, 1.165) is 24.1 Å². The molecule has 2 heterocycles. The minimum atomic E-state index is 0.895. The molecule has 1 aromatic carbocycles. The van der Waals surface area contributed by atoms with Crippen molar-refractivity contribution in [1.82, 2.24) is 4.98 Å². The fourth-order valence-electron chi connectivity index (χ4n) is 3.19. The first-order valence-corrected chi connectivity index (χ1v) is 7.97. The summed E-state index contributed by atoms with van der Waals surface area (Å²) in [6.45, 7) is 4.00. The fourth-order valence-corrected chi connectivity index (χ4v) is 3.19. The number of fused-ring (bicyclic) bond motifs is 4. The van der Waals surface area contributed by atoms with Gasteiger partial charge in [-0.1, -0.05) is 19.9 Å². The van der Waals surface area contributed by atoms with E-state index in [-0.39, 0.29) is 0 Å². The number of benzene rings is 1. The van der Waals surface area contributed by atoms with Crippen LogP contribution in [0.4, 0.5) is 0 Å². The van der Waals surface area contributed by atoms with Gasteiger partial charge in [-0.2, -0.15) is 4.57 Å². The lowest BCUT2D eigenvalue weighted by Crippen LogP contribution is -2.55. The number of nitrogens with one attached hydrogen (secondary N) is 1. The van der Waals surface area contributed by atoms with Gasteiger partial charge in [0.15, 0.2) is 0 Å². The SMILES string of the molecule is CC.COc1ccc2[nH]c3cc4c([n+](C)c3c2c1)=CCCC=4. The number of ether oxygens (including phenoxy) is 1. The van der Waals surface area contributed by atoms with Crippen LogP contribution in [-0.2, 0) is 7.05 Å². The van der Waals surface area contributed by atoms with Gasteiger partial charge in [-0.05, 0) is 43.2 Å². The van der Waals surface area contributed by atoms with E-state index >= 15 is 0 Å². The summed E-state index contributed by atoms with van der Waals surface area (Å²) in [7, 11) is 3.85. The number of pyridine rings is 1. The van der Waals surface area contributed by atoms with Gasteiger partial charge in [-0.25, -0.2) is 0 Å². The Labute approximate surface area is 130 Å². The lowest BCUT2D eigenvalue weighted by atomic mass is 10.1. The van der Waals surface area contributed by atoms with E-state index in [1.54, 1.807) is 7.11 Å². The van der Waals surface area contributed by atoms with Crippen LogP contribution in [-0.4, -0.2) is 12.1 Å². The molecule has 0 fully saturated rings. The topological polar surface area (TPSA) is 28.9 Å². The molecular formula is C19H23N2O+. The molecular weight excluding hydrogens is 272 g/mol. The molecule has 0 amide bonds. The van der Waals surface area contributed by atoms with Crippen LogP contribution in [0.5, 0.6) is 5.75 Å². The maximum absolute atomic E-state index is 5.36. The number of nitrogens with zero attached hydrogens (tertiary/aromatic N) is 1. The van der Waals surface area contributed by atoms with Crippen molar-refractivity contribution in [2.24, 2.45) is 7.05 Å². The molecule has 4 rings (SSSR count). The first-order chi connectivity index (χ1) is 10.8. The Morgan fingerprint density at radius 1 is 1.05 bits per heavy atom. The van der Waals surface area contributed by atoms with Gasteiger partial charge in [0.1, 0.15) is 18.3 Å². The highest BCUT2D eigenvalue weighted by Crippen LogP contribution is 2.25. The third kappa shape index (κ3) is 2.17. The van der Waals surface area contributed by atoms with Gasteiger partial charge >= 0.3 is 0 Å². The number of aryl methyl sites for hydroxylation is 1. The van der Waals surface area contributed by atoms with Crippen LogP contribution in [0.1, 0.15) is 26.7 Å². The highest BCUT2D eigenvalue weighted by atomic mass is 16.5. The summed E-state index contributed by atoms with van der Waals surface area (Å²) in [5, 5.41) is 3.85. The van der Waals surface area contributed by atoms with Crippen LogP contribution in [0.2, 0.25) is 0 Å². The smallest absolute Gasteiger partial charge is 0.238 e. The van der Waals surface area contributed by atoms with Gasteiger partial charge in [0.05, 0.1) is 18.0 Å². The Kier molecular flexibility index (Phi) is 3.88. The number of H-pyrrole nitrogens is 1. The minimum Gasteiger partial charge on any atom is -0.497 e. The zero-order valence-corrected chi connectivity index (χ0v) is 13.7. The minimum absolute atomic E-state index is 0.895. The highest BCUT2D eigenvalue weighted by Gasteiger charge is 2.16. The number of methoxy groups -OCH3 is 1.